The Morgan fingerprint density at radius 3 is 2.76 bits per heavy atom. The molecule has 1 N–H and O–H groups in total. The second-order valence-corrected chi connectivity index (χ2v) is 5.90. The van der Waals surface area contributed by atoms with E-state index in [0.717, 1.165) is 28.0 Å². The smallest absolute Gasteiger partial charge is 0.0998 e. The minimum atomic E-state index is 0.361. The minimum absolute atomic E-state index is 0.361. The molecule has 0 spiro atoms. The zero-order valence-corrected chi connectivity index (χ0v) is 12.5. The van der Waals surface area contributed by atoms with Crippen LogP contribution in [0, 0.1) is 11.3 Å². The van der Waals surface area contributed by atoms with Gasteiger partial charge in [-0.05, 0) is 12.1 Å². The molecule has 0 saturated heterocycles. The highest BCUT2D eigenvalue weighted by molar-refractivity contribution is 7.09. The van der Waals surface area contributed by atoms with Crippen molar-refractivity contribution in [1.82, 2.24) is 4.98 Å². The molecular formula is C17H15N3S. The summed E-state index contributed by atoms with van der Waals surface area (Å²) in [5, 5.41) is 17.9. The van der Waals surface area contributed by atoms with Crippen LogP contribution in [0.1, 0.15) is 23.4 Å². The second-order valence-electron chi connectivity index (χ2n) is 4.97. The lowest BCUT2D eigenvalue weighted by Crippen LogP contribution is -2.10. The first-order valence-electron chi connectivity index (χ1n) is 6.84. The van der Waals surface area contributed by atoms with Crippen LogP contribution in [0.25, 0.3) is 10.8 Å². The molecule has 1 aromatic heterocycles. The van der Waals surface area contributed by atoms with Gasteiger partial charge in [-0.1, -0.05) is 31.2 Å². The summed E-state index contributed by atoms with van der Waals surface area (Å²) in [6, 6.07) is 14.1. The highest BCUT2D eigenvalue weighted by atomic mass is 32.1. The van der Waals surface area contributed by atoms with Crippen molar-refractivity contribution in [2.75, 3.05) is 11.9 Å². The monoisotopic (exact) mass is 293 g/mol. The molecule has 2 aromatic carbocycles. The van der Waals surface area contributed by atoms with Crippen LogP contribution in [0.4, 0.5) is 5.69 Å². The zero-order chi connectivity index (χ0) is 14.7. The summed E-state index contributed by atoms with van der Waals surface area (Å²) < 4.78 is 0. The third-order valence-corrected chi connectivity index (χ3v) is 4.52. The van der Waals surface area contributed by atoms with Gasteiger partial charge in [0.15, 0.2) is 0 Å². The summed E-state index contributed by atoms with van der Waals surface area (Å²) in [7, 11) is 0. The van der Waals surface area contributed by atoms with Crippen LogP contribution in [-0.4, -0.2) is 11.5 Å². The zero-order valence-electron chi connectivity index (χ0n) is 11.7. The maximum absolute atomic E-state index is 9.19. The third kappa shape index (κ3) is 2.74. The predicted molar refractivity (Wildman–Crippen MR) is 87.7 cm³/mol. The lowest BCUT2D eigenvalue weighted by Gasteiger charge is -2.14. The van der Waals surface area contributed by atoms with Gasteiger partial charge in [-0.15, -0.1) is 11.3 Å². The van der Waals surface area contributed by atoms with Crippen LogP contribution in [0.15, 0.2) is 48.0 Å². The number of thiazole rings is 1. The molecule has 0 aliphatic rings. The van der Waals surface area contributed by atoms with Crippen molar-refractivity contribution in [3.8, 4) is 6.07 Å². The van der Waals surface area contributed by atoms with Crippen molar-refractivity contribution in [2.45, 2.75) is 12.8 Å². The number of nitrogens with zero attached hydrogens (tertiary/aromatic N) is 2. The van der Waals surface area contributed by atoms with Gasteiger partial charge < -0.3 is 5.32 Å². The Balaban J connectivity index is 1.87. The highest BCUT2D eigenvalue weighted by Crippen LogP contribution is 2.27. The number of nitriles is 1. The number of rotatable bonds is 4. The fraction of sp³-hybridized carbons (Fsp3) is 0.176. The molecule has 104 valence electrons. The minimum Gasteiger partial charge on any atom is -0.384 e. The fourth-order valence-electron chi connectivity index (χ4n) is 2.38. The molecule has 0 bridgehead atoms. The molecule has 3 rings (SSSR count). The van der Waals surface area contributed by atoms with E-state index in [1.54, 1.807) is 11.3 Å². The molecule has 0 radical (unpaired) electrons. The first-order chi connectivity index (χ1) is 10.3. The van der Waals surface area contributed by atoms with Gasteiger partial charge in [0, 0.05) is 40.5 Å². The van der Waals surface area contributed by atoms with Gasteiger partial charge in [-0.3, -0.25) is 0 Å². The lowest BCUT2D eigenvalue weighted by molar-refractivity contribution is 0.796. The number of hydrogen-bond donors (Lipinski definition) is 1. The lowest BCUT2D eigenvalue weighted by atomic mass is 10.0. The van der Waals surface area contributed by atoms with Crippen LogP contribution < -0.4 is 5.32 Å². The Morgan fingerprint density at radius 2 is 2.05 bits per heavy atom. The summed E-state index contributed by atoms with van der Waals surface area (Å²) >= 11 is 1.68. The fourth-order valence-corrected chi connectivity index (χ4v) is 3.08. The molecule has 3 aromatic rings. The summed E-state index contributed by atoms with van der Waals surface area (Å²) in [4.78, 5) is 4.35. The first-order valence-corrected chi connectivity index (χ1v) is 7.72. The Hall–Kier alpha value is -2.38. The normalized spacial score (nSPS) is 12.0. The van der Waals surface area contributed by atoms with Gasteiger partial charge in [0.2, 0.25) is 0 Å². The van der Waals surface area contributed by atoms with Gasteiger partial charge in [0.1, 0.15) is 0 Å². The third-order valence-electron chi connectivity index (χ3n) is 3.52. The standard InChI is InChI=1S/C17H15N3S/c1-12(17-19-8-9-21-17)11-20-16-7-6-13(10-18)14-4-2-3-5-15(14)16/h2-9,12,20H,11H2,1H3. The van der Waals surface area contributed by atoms with Crippen molar-refractivity contribution < 1.29 is 0 Å². The summed E-state index contributed by atoms with van der Waals surface area (Å²) in [5.74, 6) is 0.361. The van der Waals surface area contributed by atoms with E-state index in [4.69, 9.17) is 0 Å². The summed E-state index contributed by atoms with van der Waals surface area (Å²) in [5.41, 5.74) is 1.78. The van der Waals surface area contributed by atoms with Crippen molar-refractivity contribution >= 4 is 27.8 Å². The molecule has 0 aliphatic carbocycles. The van der Waals surface area contributed by atoms with E-state index in [0.29, 0.717) is 11.5 Å². The van der Waals surface area contributed by atoms with Gasteiger partial charge >= 0.3 is 0 Å². The SMILES string of the molecule is CC(CNc1ccc(C#N)c2ccccc12)c1nccs1. The Labute approximate surface area is 127 Å². The van der Waals surface area contributed by atoms with Crippen molar-refractivity contribution in [3.63, 3.8) is 0 Å². The van der Waals surface area contributed by atoms with Crippen LogP contribution in [0.2, 0.25) is 0 Å². The Morgan fingerprint density at radius 1 is 1.24 bits per heavy atom. The molecule has 0 aliphatic heterocycles. The number of fused-ring (bicyclic) bond motifs is 1. The number of anilines is 1. The van der Waals surface area contributed by atoms with E-state index in [-0.39, 0.29) is 0 Å². The summed E-state index contributed by atoms with van der Waals surface area (Å²) in [6.45, 7) is 2.99. The number of nitrogens with one attached hydrogen (secondary N) is 1. The van der Waals surface area contributed by atoms with Gasteiger partial charge in [-0.2, -0.15) is 5.26 Å². The van der Waals surface area contributed by atoms with Crippen molar-refractivity contribution in [2.24, 2.45) is 0 Å². The molecule has 0 saturated carbocycles. The average Bonchev–Trinajstić information content (AvgIpc) is 3.06. The predicted octanol–water partition coefficient (Wildman–Crippen LogP) is 4.38. The molecule has 3 nitrogen and oxygen atoms in total. The first kappa shape index (κ1) is 13.6. The molecule has 0 amide bonds. The van der Waals surface area contributed by atoms with Crippen LogP contribution in [-0.2, 0) is 0 Å². The largest absolute Gasteiger partial charge is 0.384 e. The average molecular weight is 293 g/mol. The molecule has 1 atom stereocenters. The number of benzene rings is 2. The van der Waals surface area contributed by atoms with Crippen LogP contribution in [0.3, 0.4) is 0 Å². The van der Waals surface area contributed by atoms with Gasteiger partial charge in [0.05, 0.1) is 16.6 Å². The van der Waals surface area contributed by atoms with E-state index >= 15 is 0 Å². The molecule has 0 fully saturated rings. The van der Waals surface area contributed by atoms with E-state index < -0.39 is 0 Å². The highest BCUT2D eigenvalue weighted by Gasteiger charge is 2.10. The van der Waals surface area contributed by atoms with Crippen LogP contribution >= 0.6 is 11.3 Å². The molecule has 1 heterocycles. The summed E-state index contributed by atoms with van der Waals surface area (Å²) in [6.07, 6.45) is 1.84. The van der Waals surface area contributed by atoms with E-state index in [1.807, 2.05) is 48.0 Å². The Bertz CT molecular complexity index is 787. The Kier molecular flexibility index (Phi) is 3.85. The van der Waals surface area contributed by atoms with Crippen molar-refractivity contribution in [3.05, 3.63) is 58.5 Å². The van der Waals surface area contributed by atoms with E-state index in [1.165, 1.54) is 0 Å². The second kappa shape index (κ2) is 5.94. The molecule has 4 heteroatoms. The number of aromatic nitrogens is 1. The topological polar surface area (TPSA) is 48.7 Å². The maximum atomic E-state index is 9.19. The molecule has 1 unspecified atom stereocenters. The van der Waals surface area contributed by atoms with E-state index in [2.05, 4.69) is 23.3 Å². The number of hydrogen-bond acceptors (Lipinski definition) is 4. The van der Waals surface area contributed by atoms with Gasteiger partial charge in [0.25, 0.3) is 0 Å². The van der Waals surface area contributed by atoms with Gasteiger partial charge in [-0.25, -0.2) is 4.98 Å². The van der Waals surface area contributed by atoms with E-state index in [9.17, 15) is 5.26 Å². The van der Waals surface area contributed by atoms with Crippen LogP contribution in [0.5, 0.6) is 0 Å². The quantitative estimate of drug-likeness (QED) is 0.776. The molecule has 21 heavy (non-hydrogen) atoms. The maximum Gasteiger partial charge on any atom is 0.0998 e. The molecular weight excluding hydrogens is 278 g/mol. The van der Waals surface area contributed by atoms with Crippen molar-refractivity contribution in [1.29, 1.82) is 5.26 Å².